The van der Waals surface area contributed by atoms with Crippen molar-refractivity contribution < 1.29 is 13.2 Å². The SMILES string of the molecule is CCNC(=NCc1cn(C)nc1C(F)(F)F)NCCc1ccccc1.I. The zero-order valence-corrected chi connectivity index (χ0v) is 17.0. The average Bonchev–Trinajstić information content (AvgIpc) is 2.95. The number of aliphatic imine (C=N–C) groups is 1. The Morgan fingerprint density at radius 2 is 1.88 bits per heavy atom. The molecule has 0 fully saturated rings. The van der Waals surface area contributed by atoms with E-state index in [-0.39, 0.29) is 36.1 Å². The molecule has 2 aromatic rings. The van der Waals surface area contributed by atoms with Crippen molar-refractivity contribution in [2.45, 2.75) is 26.1 Å². The van der Waals surface area contributed by atoms with Crippen LogP contribution in [0.3, 0.4) is 0 Å². The third-order valence-corrected chi connectivity index (χ3v) is 3.47. The van der Waals surface area contributed by atoms with Crippen LogP contribution in [-0.2, 0) is 26.2 Å². The molecule has 2 rings (SSSR count). The van der Waals surface area contributed by atoms with Crippen molar-refractivity contribution in [2.75, 3.05) is 13.1 Å². The van der Waals surface area contributed by atoms with Crippen LogP contribution in [-0.4, -0.2) is 28.8 Å². The fraction of sp³-hybridized carbons (Fsp3) is 0.412. The minimum Gasteiger partial charge on any atom is -0.357 e. The third-order valence-electron chi connectivity index (χ3n) is 3.47. The molecule has 1 aromatic heterocycles. The molecule has 0 saturated heterocycles. The van der Waals surface area contributed by atoms with Crippen LogP contribution in [0.1, 0.15) is 23.7 Å². The van der Waals surface area contributed by atoms with Gasteiger partial charge in [0.05, 0.1) is 6.54 Å². The van der Waals surface area contributed by atoms with Gasteiger partial charge in [0.2, 0.25) is 0 Å². The van der Waals surface area contributed by atoms with Crippen LogP contribution in [0, 0.1) is 0 Å². The Morgan fingerprint density at radius 3 is 2.50 bits per heavy atom. The van der Waals surface area contributed by atoms with Crippen molar-refractivity contribution in [2.24, 2.45) is 12.0 Å². The first-order chi connectivity index (χ1) is 11.9. The first kappa shape index (κ1) is 22.3. The highest BCUT2D eigenvalue weighted by atomic mass is 127. The molecule has 1 heterocycles. The molecule has 144 valence electrons. The van der Waals surface area contributed by atoms with E-state index in [9.17, 15) is 13.2 Å². The lowest BCUT2D eigenvalue weighted by atomic mass is 10.1. The predicted octanol–water partition coefficient (Wildman–Crippen LogP) is 3.35. The van der Waals surface area contributed by atoms with E-state index in [1.807, 2.05) is 37.3 Å². The Labute approximate surface area is 168 Å². The maximum absolute atomic E-state index is 13.0. The summed E-state index contributed by atoms with van der Waals surface area (Å²) in [6, 6.07) is 9.94. The van der Waals surface area contributed by atoms with Crippen LogP contribution in [0.25, 0.3) is 0 Å². The molecular weight excluding hydrogens is 458 g/mol. The highest BCUT2D eigenvalue weighted by Gasteiger charge is 2.36. The van der Waals surface area contributed by atoms with Gasteiger partial charge in [-0.3, -0.25) is 4.68 Å². The Balaban J connectivity index is 0.00000338. The number of aryl methyl sites for hydroxylation is 1. The van der Waals surface area contributed by atoms with Crippen molar-refractivity contribution >= 4 is 29.9 Å². The molecule has 0 unspecified atom stereocenters. The highest BCUT2D eigenvalue weighted by Crippen LogP contribution is 2.30. The van der Waals surface area contributed by atoms with Gasteiger partial charge < -0.3 is 10.6 Å². The number of halogens is 4. The van der Waals surface area contributed by atoms with E-state index in [0.717, 1.165) is 11.1 Å². The number of alkyl halides is 3. The van der Waals surface area contributed by atoms with Crippen molar-refractivity contribution in [3.8, 4) is 0 Å². The lowest BCUT2D eigenvalue weighted by Gasteiger charge is -2.11. The quantitative estimate of drug-likeness (QED) is 0.378. The van der Waals surface area contributed by atoms with Crippen molar-refractivity contribution in [3.05, 3.63) is 53.3 Å². The molecule has 26 heavy (non-hydrogen) atoms. The second-order valence-corrected chi connectivity index (χ2v) is 5.53. The lowest BCUT2D eigenvalue weighted by molar-refractivity contribution is -0.142. The molecule has 0 radical (unpaired) electrons. The highest BCUT2D eigenvalue weighted by molar-refractivity contribution is 14.0. The van der Waals surface area contributed by atoms with Crippen LogP contribution in [0.4, 0.5) is 13.2 Å². The van der Waals surface area contributed by atoms with Gasteiger partial charge in [0.15, 0.2) is 11.7 Å². The van der Waals surface area contributed by atoms with E-state index in [0.29, 0.717) is 19.0 Å². The molecule has 0 aliphatic heterocycles. The number of guanidine groups is 1. The Bertz CT molecular complexity index is 698. The number of nitrogens with one attached hydrogen (secondary N) is 2. The van der Waals surface area contributed by atoms with E-state index in [4.69, 9.17) is 0 Å². The van der Waals surface area contributed by atoms with Crippen LogP contribution >= 0.6 is 24.0 Å². The van der Waals surface area contributed by atoms with Gasteiger partial charge in [-0.1, -0.05) is 30.3 Å². The molecule has 1 aromatic carbocycles. The molecule has 5 nitrogen and oxygen atoms in total. The summed E-state index contributed by atoms with van der Waals surface area (Å²) in [4.78, 5) is 4.24. The van der Waals surface area contributed by atoms with Gasteiger partial charge in [-0.2, -0.15) is 18.3 Å². The molecule has 0 spiro atoms. The Hall–Kier alpha value is -1.78. The Morgan fingerprint density at radius 1 is 1.19 bits per heavy atom. The minimum absolute atomic E-state index is 0. The molecule has 0 atom stereocenters. The van der Waals surface area contributed by atoms with Crippen LogP contribution < -0.4 is 10.6 Å². The van der Waals surface area contributed by atoms with Gasteiger partial charge in [0.1, 0.15) is 0 Å². The summed E-state index contributed by atoms with van der Waals surface area (Å²) in [5.41, 5.74) is 0.339. The molecule has 0 aliphatic carbocycles. The fourth-order valence-corrected chi connectivity index (χ4v) is 2.37. The second-order valence-electron chi connectivity index (χ2n) is 5.53. The molecule has 2 N–H and O–H groups in total. The predicted molar refractivity (Wildman–Crippen MR) is 107 cm³/mol. The zero-order valence-electron chi connectivity index (χ0n) is 14.7. The summed E-state index contributed by atoms with van der Waals surface area (Å²) in [5, 5.41) is 9.66. The maximum atomic E-state index is 13.0. The van der Waals surface area contributed by atoms with Crippen LogP contribution in [0.15, 0.2) is 41.5 Å². The van der Waals surface area contributed by atoms with E-state index in [1.165, 1.54) is 18.8 Å². The van der Waals surface area contributed by atoms with E-state index in [2.05, 4.69) is 20.7 Å². The largest absolute Gasteiger partial charge is 0.435 e. The standard InChI is InChI=1S/C17H22F3N5.HI/c1-3-21-16(22-10-9-13-7-5-4-6-8-13)23-11-14-12-25(2)24-15(14)17(18,19)20;/h4-8,12H,3,9-11H2,1-2H3,(H2,21,22,23);1H. The van der Waals surface area contributed by atoms with E-state index < -0.39 is 11.9 Å². The number of nitrogens with zero attached hydrogens (tertiary/aromatic N) is 3. The first-order valence-electron chi connectivity index (χ1n) is 8.06. The molecular formula is C17H23F3IN5. The maximum Gasteiger partial charge on any atom is 0.435 e. The van der Waals surface area contributed by atoms with Gasteiger partial charge in [0.25, 0.3) is 0 Å². The molecule has 0 saturated carbocycles. The molecule has 0 amide bonds. The number of rotatable bonds is 6. The van der Waals surface area contributed by atoms with E-state index in [1.54, 1.807) is 0 Å². The number of hydrogen-bond donors (Lipinski definition) is 2. The minimum atomic E-state index is -4.48. The van der Waals surface area contributed by atoms with Crippen molar-refractivity contribution in [1.82, 2.24) is 20.4 Å². The molecule has 0 bridgehead atoms. The van der Waals surface area contributed by atoms with Gasteiger partial charge in [-0.15, -0.1) is 24.0 Å². The summed E-state index contributed by atoms with van der Waals surface area (Å²) < 4.78 is 40.1. The summed E-state index contributed by atoms with van der Waals surface area (Å²) >= 11 is 0. The summed E-state index contributed by atoms with van der Waals surface area (Å²) in [6.07, 6.45) is -2.34. The lowest BCUT2D eigenvalue weighted by Crippen LogP contribution is -2.38. The average molecular weight is 481 g/mol. The number of aromatic nitrogens is 2. The van der Waals surface area contributed by atoms with Gasteiger partial charge >= 0.3 is 6.18 Å². The number of benzene rings is 1. The van der Waals surface area contributed by atoms with Crippen LogP contribution in [0.5, 0.6) is 0 Å². The third kappa shape index (κ3) is 6.85. The summed E-state index contributed by atoms with van der Waals surface area (Å²) in [7, 11) is 1.46. The molecule has 9 heteroatoms. The van der Waals surface area contributed by atoms with Gasteiger partial charge in [-0.05, 0) is 18.9 Å². The monoisotopic (exact) mass is 481 g/mol. The van der Waals surface area contributed by atoms with E-state index >= 15 is 0 Å². The molecule has 0 aliphatic rings. The summed E-state index contributed by atoms with van der Waals surface area (Å²) in [6.45, 7) is 3.06. The first-order valence-corrected chi connectivity index (χ1v) is 8.06. The number of hydrogen-bond acceptors (Lipinski definition) is 2. The van der Waals surface area contributed by atoms with Crippen LogP contribution in [0.2, 0.25) is 0 Å². The summed E-state index contributed by atoms with van der Waals surface area (Å²) in [5.74, 6) is 0.482. The smallest absolute Gasteiger partial charge is 0.357 e. The van der Waals surface area contributed by atoms with Crippen molar-refractivity contribution in [3.63, 3.8) is 0 Å². The van der Waals surface area contributed by atoms with Gasteiger partial charge in [0, 0.05) is 31.9 Å². The zero-order chi connectivity index (χ0) is 18.3. The fourth-order valence-electron chi connectivity index (χ4n) is 2.37. The normalized spacial score (nSPS) is 11.8. The topological polar surface area (TPSA) is 54.2 Å². The second kappa shape index (κ2) is 10.4. The Kier molecular flexibility index (Phi) is 8.89. The van der Waals surface area contributed by atoms with Gasteiger partial charge in [-0.25, -0.2) is 4.99 Å². The van der Waals surface area contributed by atoms with Crippen molar-refractivity contribution in [1.29, 1.82) is 0 Å².